The zero-order valence-electron chi connectivity index (χ0n) is 7.75. The van der Waals surface area contributed by atoms with Crippen LogP contribution in [0.2, 0.25) is 0 Å². The van der Waals surface area contributed by atoms with Crippen molar-refractivity contribution in [3.8, 4) is 5.88 Å². The van der Waals surface area contributed by atoms with Crippen LogP contribution in [0, 0.1) is 0 Å². The summed E-state index contributed by atoms with van der Waals surface area (Å²) in [5.41, 5.74) is -2.87. The first-order valence-electron chi connectivity index (χ1n) is 3.75. The normalized spacial score (nSPS) is 13.0. The van der Waals surface area contributed by atoms with Crippen LogP contribution in [0.1, 0.15) is 18.2 Å². The third-order valence-electron chi connectivity index (χ3n) is 1.65. The minimum Gasteiger partial charge on any atom is -0.480 e. The van der Waals surface area contributed by atoms with Crippen molar-refractivity contribution in [1.29, 1.82) is 0 Å². The first kappa shape index (κ1) is 11.7. The van der Waals surface area contributed by atoms with Gasteiger partial charge in [-0.05, 0) is 0 Å². The van der Waals surface area contributed by atoms with Crippen LogP contribution in [0.5, 0.6) is 5.88 Å². The second-order valence-corrected chi connectivity index (χ2v) is 2.87. The Kier molecular flexibility index (Phi) is 2.62. The van der Waals surface area contributed by atoms with Crippen molar-refractivity contribution in [3.05, 3.63) is 11.3 Å². The molecule has 1 N–H and O–H groups in total. The van der Waals surface area contributed by atoms with Gasteiger partial charge in [0, 0.05) is 6.92 Å². The summed E-state index contributed by atoms with van der Waals surface area (Å²) in [6.07, 6.45) is -4.92. The summed E-state index contributed by atoms with van der Waals surface area (Å²) >= 11 is 0. The van der Waals surface area contributed by atoms with Gasteiger partial charge in [-0.2, -0.15) is 13.2 Å². The number of nitrogens with one attached hydrogen (secondary N) is 1. The Bertz CT molecular complexity index is 351. The van der Waals surface area contributed by atoms with Gasteiger partial charge in [0.05, 0.1) is 7.11 Å². The largest absolute Gasteiger partial charge is 0.480 e. The number of nitrogens with zero attached hydrogens (tertiary/aromatic N) is 1. The van der Waals surface area contributed by atoms with Crippen LogP contribution >= 0.6 is 0 Å². The van der Waals surface area contributed by atoms with E-state index in [0.29, 0.717) is 6.92 Å². The SMILES string of the molecule is COc1n[nH]c(C(F)(F)F)c1C(C)(F)F. The summed E-state index contributed by atoms with van der Waals surface area (Å²) in [5.74, 6) is -4.43. The summed E-state index contributed by atoms with van der Waals surface area (Å²) in [6, 6.07) is 0. The number of alkyl halides is 5. The molecule has 0 spiro atoms. The second-order valence-electron chi connectivity index (χ2n) is 2.87. The number of methoxy groups -OCH3 is 1. The quantitative estimate of drug-likeness (QED) is 0.793. The van der Waals surface area contributed by atoms with Crippen molar-refractivity contribution < 1.29 is 26.7 Å². The molecule has 0 radical (unpaired) electrons. The first-order valence-corrected chi connectivity index (χ1v) is 3.75. The lowest BCUT2D eigenvalue weighted by Crippen LogP contribution is -2.16. The predicted octanol–water partition coefficient (Wildman–Crippen LogP) is 2.55. The summed E-state index contributed by atoms with van der Waals surface area (Å²) in [6.45, 7) is 0.343. The second kappa shape index (κ2) is 3.35. The van der Waals surface area contributed by atoms with E-state index in [-0.39, 0.29) is 0 Å². The molecule has 0 unspecified atom stereocenters. The van der Waals surface area contributed by atoms with E-state index < -0.39 is 29.2 Å². The monoisotopic (exact) mass is 230 g/mol. The average molecular weight is 230 g/mol. The lowest BCUT2D eigenvalue weighted by atomic mass is 10.1. The van der Waals surface area contributed by atoms with Gasteiger partial charge in [0.25, 0.3) is 5.92 Å². The van der Waals surface area contributed by atoms with Gasteiger partial charge in [0.2, 0.25) is 5.88 Å². The number of hydrogen-bond acceptors (Lipinski definition) is 2. The number of aromatic amines is 1. The van der Waals surface area contributed by atoms with Crippen LogP contribution in [-0.2, 0) is 12.1 Å². The van der Waals surface area contributed by atoms with Gasteiger partial charge >= 0.3 is 6.18 Å². The van der Waals surface area contributed by atoms with Crippen LogP contribution in [0.4, 0.5) is 22.0 Å². The maximum absolute atomic E-state index is 12.9. The zero-order valence-corrected chi connectivity index (χ0v) is 7.75. The summed E-state index contributed by atoms with van der Waals surface area (Å²) in [7, 11) is 0.964. The molecule has 0 aliphatic rings. The number of hydrogen-bond donors (Lipinski definition) is 1. The molecule has 1 heterocycles. The molecule has 0 atom stereocenters. The molecule has 1 aromatic rings. The van der Waals surface area contributed by atoms with Gasteiger partial charge in [0.1, 0.15) is 5.56 Å². The Morgan fingerprint density at radius 1 is 1.20 bits per heavy atom. The van der Waals surface area contributed by atoms with Gasteiger partial charge in [-0.1, -0.05) is 0 Å². The molecular formula is C7H7F5N2O. The van der Waals surface area contributed by atoms with E-state index in [4.69, 9.17) is 0 Å². The molecule has 1 rings (SSSR count). The van der Waals surface area contributed by atoms with E-state index in [0.717, 1.165) is 7.11 Å². The highest BCUT2D eigenvalue weighted by Gasteiger charge is 2.45. The fourth-order valence-corrected chi connectivity index (χ4v) is 1.09. The molecule has 0 amide bonds. The molecule has 8 heteroatoms. The fraction of sp³-hybridized carbons (Fsp3) is 0.571. The molecular weight excluding hydrogens is 223 g/mol. The highest BCUT2D eigenvalue weighted by atomic mass is 19.4. The molecule has 0 fully saturated rings. The van der Waals surface area contributed by atoms with E-state index in [9.17, 15) is 22.0 Å². The maximum Gasteiger partial charge on any atom is 0.433 e. The van der Waals surface area contributed by atoms with E-state index in [1.807, 2.05) is 0 Å². The Morgan fingerprint density at radius 3 is 2.07 bits per heavy atom. The molecule has 0 saturated carbocycles. The van der Waals surface area contributed by atoms with Gasteiger partial charge < -0.3 is 4.74 Å². The molecule has 0 aromatic carbocycles. The third-order valence-corrected chi connectivity index (χ3v) is 1.65. The summed E-state index contributed by atoms with van der Waals surface area (Å²) < 4.78 is 66.9. The summed E-state index contributed by atoms with van der Waals surface area (Å²) in [4.78, 5) is 0. The maximum atomic E-state index is 12.9. The molecule has 15 heavy (non-hydrogen) atoms. The minimum absolute atomic E-state index is 0.343. The summed E-state index contributed by atoms with van der Waals surface area (Å²) in [5, 5.41) is 4.51. The van der Waals surface area contributed by atoms with Crippen molar-refractivity contribution in [2.24, 2.45) is 0 Å². The van der Waals surface area contributed by atoms with E-state index in [1.165, 1.54) is 5.10 Å². The zero-order chi connectivity index (χ0) is 11.9. The van der Waals surface area contributed by atoms with Gasteiger partial charge in [0.15, 0.2) is 5.69 Å². The number of H-pyrrole nitrogens is 1. The van der Waals surface area contributed by atoms with Gasteiger partial charge in [-0.25, -0.2) is 8.78 Å². The highest BCUT2D eigenvalue weighted by Crippen LogP contribution is 2.42. The van der Waals surface area contributed by atoms with Crippen LogP contribution in [0.3, 0.4) is 0 Å². The number of ether oxygens (including phenoxy) is 1. The average Bonchev–Trinajstić information content (AvgIpc) is 2.44. The van der Waals surface area contributed by atoms with Crippen molar-refractivity contribution in [2.75, 3.05) is 7.11 Å². The van der Waals surface area contributed by atoms with Crippen LogP contribution in [0.15, 0.2) is 0 Å². The third kappa shape index (κ3) is 2.18. The van der Waals surface area contributed by atoms with Gasteiger partial charge in [-0.15, -0.1) is 5.10 Å². The van der Waals surface area contributed by atoms with Crippen LogP contribution in [0.25, 0.3) is 0 Å². The van der Waals surface area contributed by atoms with Crippen LogP contribution in [-0.4, -0.2) is 17.3 Å². The van der Waals surface area contributed by atoms with Crippen molar-refractivity contribution in [3.63, 3.8) is 0 Å². The highest BCUT2D eigenvalue weighted by molar-refractivity contribution is 5.35. The van der Waals surface area contributed by atoms with Crippen LogP contribution < -0.4 is 4.74 Å². The number of aromatic nitrogens is 2. The molecule has 3 nitrogen and oxygen atoms in total. The van der Waals surface area contributed by atoms with Gasteiger partial charge in [-0.3, -0.25) is 5.10 Å². The number of halogens is 5. The van der Waals surface area contributed by atoms with Crippen molar-refractivity contribution in [1.82, 2.24) is 10.2 Å². The Labute approximate surface area is 81.2 Å². The molecule has 0 aliphatic carbocycles. The topological polar surface area (TPSA) is 37.9 Å². The molecule has 0 saturated heterocycles. The Balaban J connectivity index is 3.37. The standard InChI is InChI=1S/C7H7F5N2O/c1-6(8,9)3-4(7(10,11)12)13-14-5(3)15-2/h1-2H3,(H,13,14). The smallest absolute Gasteiger partial charge is 0.433 e. The molecule has 0 aliphatic heterocycles. The predicted molar refractivity (Wildman–Crippen MR) is 39.7 cm³/mol. The lowest BCUT2D eigenvalue weighted by molar-refractivity contribution is -0.145. The van der Waals surface area contributed by atoms with Crippen molar-refractivity contribution in [2.45, 2.75) is 19.0 Å². The molecule has 0 bridgehead atoms. The lowest BCUT2D eigenvalue weighted by Gasteiger charge is -2.13. The Morgan fingerprint density at radius 2 is 1.73 bits per heavy atom. The fourth-order valence-electron chi connectivity index (χ4n) is 1.09. The molecule has 1 aromatic heterocycles. The number of rotatable bonds is 2. The van der Waals surface area contributed by atoms with Crippen molar-refractivity contribution >= 4 is 0 Å². The first-order chi connectivity index (χ1) is 6.68. The molecule has 86 valence electrons. The van der Waals surface area contributed by atoms with E-state index >= 15 is 0 Å². The minimum atomic E-state index is -4.92. The Hall–Kier alpha value is -1.34. The van der Waals surface area contributed by atoms with E-state index in [1.54, 1.807) is 0 Å². The van der Waals surface area contributed by atoms with E-state index in [2.05, 4.69) is 9.84 Å².